The molecule has 1 atom stereocenters. The van der Waals surface area contributed by atoms with Gasteiger partial charge in [0, 0.05) is 9.75 Å². The fourth-order valence-electron chi connectivity index (χ4n) is 1.73. The molecule has 0 fully saturated rings. The Morgan fingerprint density at radius 2 is 1.87 bits per heavy atom. The third-order valence-electron chi connectivity index (χ3n) is 2.63. The van der Waals surface area contributed by atoms with Crippen LogP contribution in [0.5, 0.6) is 0 Å². The highest BCUT2D eigenvalue weighted by molar-refractivity contribution is 7.11. The first kappa shape index (κ1) is 10.9. The number of rotatable bonds is 3. The maximum atomic E-state index is 6.30. The molecule has 0 aromatic carbocycles. The van der Waals surface area contributed by atoms with Crippen LogP contribution in [0.25, 0.3) is 0 Å². The first-order valence-electron chi connectivity index (χ1n) is 5.10. The van der Waals surface area contributed by atoms with Gasteiger partial charge in [-0.3, -0.25) is 0 Å². The minimum absolute atomic E-state index is 0.0694. The molecule has 0 saturated heterocycles. The summed E-state index contributed by atoms with van der Waals surface area (Å²) in [6.07, 6.45) is 1.07. The van der Waals surface area contributed by atoms with E-state index in [9.17, 15) is 0 Å². The van der Waals surface area contributed by atoms with E-state index in [4.69, 9.17) is 5.73 Å². The van der Waals surface area contributed by atoms with Gasteiger partial charge < -0.3 is 5.73 Å². The molecule has 2 N–H and O–H groups in total. The van der Waals surface area contributed by atoms with Gasteiger partial charge in [-0.15, -0.1) is 22.7 Å². The Bertz CT molecular complexity index is 442. The summed E-state index contributed by atoms with van der Waals surface area (Å²) in [4.78, 5) is 2.62. The zero-order valence-electron chi connectivity index (χ0n) is 8.99. The van der Waals surface area contributed by atoms with Gasteiger partial charge in [-0.25, -0.2) is 0 Å². The van der Waals surface area contributed by atoms with Gasteiger partial charge in [0.2, 0.25) is 0 Å². The molecule has 0 bridgehead atoms. The van der Waals surface area contributed by atoms with Gasteiger partial charge >= 0.3 is 0 Å². The van der Waals surface area contributed by atoms with Crippen molar-refractivity contribution in [1.29, 1.82) is 0 Å². The van der Waals surface area contributed by atoms with E-state index in [1.165, 1.54) is 20.9 Å². The van der Waals surface area contributed by atoms with Gasteiger partial charge in [0.25, 0.3) is 0 Å². The second-order valence-corrected chi connectivity index (χ2v) is 5.50. The first-order valence-corrected chi connectivity index (χ1v) is 6.85. The molecule has 0 aliphatic rings. The van der Waals surface area contributed by atoms with Crippen LogP contribution < -0.4 is 5.73 Å². The van der Waals surface area contributed by atoms with Crippen molar-refractivity contribution in [2.75, 3.05) is 0 Å². The lowest BCUT2D eigenvalue weighted by Crippen LogP contribution is -2.11. The van der Waals surface area contributed by atoms with Crippen molar-refractivity contribution in [3.63, 3.8) is 0 Å². The fourth-order valence-corrected chi connectivity index (χ4v) is 3.75. The van der Waals surface area contributed by atoms with Crippen molar-refractivity contribution in [3.05, 3.63) is 43.8 Å². The molecule has 15 heavy (non-hydrogen) atoms. The van der Waals surface area contributed by atoms with Crippen molar-refractivity contribution in [2.45, 2.75) is 26.3 Å². The summed E-state index contributed by atoms with van der Waals surface area (Å²) < 4.78 is 0. The Morgan fingerprint density at radius 1 is 1.20 bits per heavy atom. The summed E-state index contributed by atoms with van der Waals surface area (Å²) in [5, 5.41) is 4.25. The molecule has 1 nitrogen and oxygen atoms in total. The molecular formula is C12H15NS2. The second-order valence-electron chi connectivity index (χ2n) is 3.61. The lowest BCUT2D eigenvalue weighted by molar-refractivity contribution is 0.887. The van der Waals surface area contributed by atoms with Crippen LogP contribution in [0.15, 0.2) is 22.9 Å². The molecule has 3 heteroatoms. The van der Waals surface area contributed by atoms with E-state index < -0.39 is 0 Å². The lowest BCUT2D eigenvalue weighted by atomic mass is 10.1. The number of hydrogen-bond donors (Lipinski definition) is 1. The summed E-state index contributed by atoms with van der Waals surface area (Å²) in [5.74, 6) is 0. The topological polar surface area (TPSA) is 26.0 Å². The van der Waals surface area contributed by atoms with E-state index in [2.05, 4.69) is 36.7 Å². The Balaban J connectivity index is 2.36. The summed E-state index contributed by atoms with van der Waals surface area (Å²) in [7, 11) is 0. The van der Waals surface area contributed by atoms with Crippen molar-refractivity contribution >= 4 is 22.7 Å². The number of nitrogens with two attached hydrogens (primary N) is 1. The van der Waals surface area contributed by atoms with E-state index in [0.29, 0.717) is 0 Å². The molecule has 2 heterocycles. The molecule has 2 aromatic heterocycles. The van der Waals surface area contributed by atoms with Crippen LogP contribution in [0.1, 0.15) is 33.8 Å². The third kappa shape index (κ3) is 2.00. The molecule has 0 radical (unpaired) electrons. The SMILES string of the molecule is CCc1ccsc1C(N)c1sccc1C. The van der Waals surface area contributed by atoms with Crippen LogP contribution in [0.2, 0.25) is 0 Å². The fraction of sp³-hybridized carbons (Fsp3) is 0.333. The first-order chi connectivity index (χ1) is 7.24. The van der Waals surface area contributed by atoms with Crippen molar-refractivity contribution in [1.82, 2.24) is 0 Å². The maximum absolute atomic E-state index is 6.30. The van der Waals surface area contributed by atoms with Crippen LogP contribution in [-0.4, -0.2) is 0 Å². The summed E-state index contributed by atoms with van der Waals surface area (Å²) in [6, 6.07) is 4.39. The molecule has 0 amide bonds. The van der Waals surface area contributed by atoms with Gasteiger partial charge in [-0.1, -0.05) is 6.92 Å². The van der Waals surface area contributed by atoms with Gasteiger partial charge in [0.1, 0.15) is 0 Å². The normalized spacial score (nSPS) is 13.0. The Hall–Kier alpha value is -0.640. The zero-order valence-corrected chi connectivity index (χ0v) is 10.6. The third-order valence-corrected chi connectivity index (χ3v) is 4.77. The van der Waals surface area contributed by atoms with Gasteiger partial charge in [-0.05, 0) is 47.4 Å². The summed E-state index contributed by atoms with van der Waals surface area (Å²) >= 11 is 3.53. The molecule has 0 spiro atoms. The Kier molecular flexibility index (Phi) is 3.24. The van der Waals surface area contributed by atoms with E-state index in [0.717, 1.165) is 6.42 Å². The molecule has 2 aromatic rings. The minimum atomic E-state index is 0.0694. The van der Waals surface area contributed by atoms with E-state index in [-0.39, 0.29) is 6.04 Å². The molecule has 0 aliphatic heterocycles. The van der Waals surface area contributed by atoms with Gasteiger partial charge in [0.15, 0.2) is 0 Å². The molecule has 1 unspecified atom stereocenters. The predicted molar refractivity (Wildman–Crippen MR) is 68.8 cm³/mol. The monoisotopic (exact) mass is 237 g/mol. The Morgan fingerprint density at radius 3 is 2.47 bits per heavy atom. The highest BCUT2D eigenvalue weighted by atomic mass is 32.1. The summed E-state index contributed by atoms with van der Waals surface area (Å²) in [6.45, 7) is 4.31. The smallest absolute Gasteiger partial charge is 0.0745 e. The highest BCUT2D eigenvalue weighted by Gasteiger charge is 2.16. The van der Waals surface area contributed by atoms with Crippen molar-refractivity contribution in [3.8, 4) is 0 Å². The highest BCUT2D eigenvalue weighted by Crippen LogP contribution is 2.32. The number of hydrogen-bond acceptors (Lipinski definition) is 3. The van der Waals surface area contributed by atoms with Crippen LogP contribution in [0.4, 0.5) is 0 Å². The zero-order chi connectivity index (χ0) is 10.8. The van der Waals surface area contributed by atoms with E-state index in [1.54, 1.807) is 22.7 Å². The lowest BCUT2D eigenvalue weighted by Gasteiger charge is -2.11. The molecule has 0 saturated carbocycles. The van der Waals surface area contributed by atoms with Crippen molar-refractivity contribution in [2.24, 2.45) is 5.73 Å². The van der Waals surface area contributed by atoms with E-state index in [1.807, 2.05) is 0 Å². The van der Waals surface area contributed by atoms with Crippen LogP contribution in [-0.2, 0) is 6.42 Å². The van der Waals surface area contributed by atoms with Gasteiger partial charge in [0.05, 0.1) is 6.04 Å². The molecule has 80 valence electrons. The van der Waals surface area contributed by atoms with Crippen LogP contribution >= 0.6 is 22.7 Å². The molecular weight excluding hydrogens is 222 g/mol. The number of thiophene rings is 2. The second kappa shape index (κ2) is 4.47. The quantitative estimate of drug-likeness (QED) is 0.865. The minimum Gasteiger partial charge on any atom is -0.319 e. The molecule has 0 aliphatic carbocycles. The van der Waals surface area contributed by atoms with Crippen LogP contribution in [0.3, 0.4) is 0 Å². The molecule has 2 rings (SSSR count). The average molecular weight is 237 g/mol. The van der Waals surface area contributed by atoms with Gasteiger partial charge in [-0.2, -0.15) is 0 Å². The summed E-state index contributed by atoms with van der Waals surface area (Å²) in [5.41, 5.74) is 9.00. The Labute approximate surface area is 98.6 Å². The van der Waals surface area contributed by atoms with Crippen molar-refractivity contribution < 1.29 is 0 Å². The predicted octanol–water partition coefficient (Wildman–Crippen LogP) is 3.73. The average Bonchev–Trinajstić information content (AvgIpc) is 2.84. The maximum Gasteiger partial charge on any atom is 0.0745 e. The van der Waals surface area contributed by atoms with E-state index >= 15 is 0 Å². The van der Waals surface area contributed by atoms with Crippen LogP contribution in [0, 0.1) is 6.92 Å². The largest absolute Gasteiger partial charge is 0.319 e. The standard InChI is InChI=1S/C12H15NS2/c1-3-9-5-7-15-12(9)10(13)11-8(2)4-6-14-11/h4-7,10H,3,13H2,1-2H3. The number of aryl methyl sites for hydroxylation is 2.